The van der Waals surface area contributed by atoms with Gasteiger partial charge in [0.25, 0.3) is 0 Å². The quantitative estimate of drug-likeness (QED) is 0.391. The molecule has 1 aliphatic rings. The lowest BCUT2D eigenvalue weighted by atomic mass is 10.1. The van der Waals surface area contributed by atoms with Crippen molar-refractivity contribution in [3.05, 3.63) is 0 Å². The highest BCUT2D eigenvalue weighted by Crippen LogP contribution is 2.09. The topological polar surface area (TPSA) is 86.0 Å². The molecule has 1 fully saturated rings. The summed E-state index contributed by atoms with van der Waals surface area (Å²) in [7, 11) is 2.15. The number of likely N-dealkylation sites (N-methyl/N-ethyl adjacent to an activating group) is 1. The monoisotopic (exact) mass is 340 g/mol. The highest BCUT2D eigenvalue weighted by molar-refractivity contribution is 5.80. The van der Waals surface area contributed by atoms with Crippen LogP contribution in [0, 0.1) is 0 Å². The van der Waals surface area contributed by atoms with Gasteiger partial charge >= 0.3 is 0 Å². The Morgan fingerprint density at radius 1 is 1.29 bits per heavy atom. The predicted octanol–water partition coefficient (Wildman–Crippen LogP) is 0.223. The van der Waals surface area contributed by atoms with Crippen LogP contribution in [0.2, 0.25) is 0 Å². The Balaban J connectivity index is 2.34. The van der Waals surface area contributed by atoms with Gasteiger partial charge in [0, 0.05) is 32.2 Å². The molecule has 1 aliphatic heterocycles. The zero-order chi connectivity index (χ0) is 17.8. The third kappa shape index (κ3) is 9.08. The number of carbonyl (C=O) groups excluding carboxylic acids is 1. The first-order valence-electron chi connectivity index (χ1n) is 9.29. The van der Waals surface area contributed by atoms with Crippen LogP contribution in [0.4, 0.5) is 0 Å². The van der Waals surface area contributed by atoms with Crippen LogP contribution in [-0.2, 0) is 4.79 Å². The Kier molecular flexibility index (Phi) is 10.4. The number of likely N-dealkylation sites (tertiary alicyclic amines) is 1. The number of unbranched alkanes of at least 4 members (excludes halogenated alkanes) is 1. The Morgan fingerprint density at radius 3 is 2.58 bits per heavy atom. The largest absolute Gasteiger partial charge is 0.369 e. The van der Waals surface area contributed by atoms with E-state index in [1.54, 1.807) is 0 Å². The second-order valence-electron chi connectivity index (χ2n) is 6.58. The van der Waals surface area contributed by atoms with Gasteiger partial charge in [0.1, 0.15) is 0 Å². The SMILES string of the molecule is CCCCN(C)CCN=C(NCC)NC1CCN(CC(N)=O)CC1. The van der Waals surface area contributed by atoms with Crippen LogP contribution < -0.4 is 16.4 Å². The van der Waals surface area contributed by atoms with Crippen molar-refractivity contribution in [2.45, 2.75) is 45.6 Å². The number of carbonyl (C=O) groups is 1. The molecular weight excluding hydrogens is 304 g/mol. The van der Waals surface area contributed by atoms with Crippen LogP contribution in [0.15, 0.2) is 4.99 Å². The minimum Gasteiger partial charge on any atom is -0.369 e. The van der Waals surface area contributed by atoms with E-state index in [-0.39, 0.29) is 5.91 Å². The van der Waals surface area contributed by atoms with Gasteiger partial charge in [-0.15, -0.1) is 0 Å². The van der Waals surface area contributed by atoms with Gasteiger partial charge in [-0.1, -0.05) is 13.3 Å². The number of primary amides is 1. The lowest BCUT2D eigenvalue weighted by Gasteiger charge is -2.32. The van der Waals surface area contributed by atoms with E-state index >= 15 is 0 Å². The Bertz CT molecular complexity index is 379. The Hall–Kier alpha value is -1.34. The number of aliphatic imine (C=N–C) groups is 1. The number of hydrogen-bond donors (Lipinski definition) is 3. The van der Waals surface area contributed by atoms with E-state index in [0.717, 1.165) is 58.1 Å². The molecule has 4 N–H and O–H groups in total. The van der Waals surface area contributed by atoms with Gasteiger partial charge < -0.3 is 21.3 Å². The summed E-state index contributed by atoms with van der Waals surface area (Å²) < 4.78 is 0. The van der Waals surface area contributed by atoms with Crippen molar-refractivity contribution < 1.29 is 4.79 Å². The summed E-state index contributed by atoms with van der Waals surface area (Å²) in [6.45, 7) is 10.2. The normalized spacial score (nSPS) is 17.2. The standard InChI is InChI=1S/C17H36N6O/c1-4-6-10-22(3)13-9-20-17(19-5-2)21-15-7-11-23(12-8-15)14-16(18)24/h15H,4-14H2,1-3H3,(H2,18,24)(H2,19,20,21). The molecule has 0 aromatic rings. The van der Waals surface area contributed by atoms with Gasteiger partial charge in [-0.2, -0.15) is 0 Å². The van der Waals surface area contributed by atoms with E-state index in [4.69, 9.17) is 5.73 Å². The van der Waals surface area contributed by atoms with E-state index in [2.05, 4.69) is 46.3 Å². The summed E-state index contributed by atoms with van der Waals surface area (Å²) in [4.78, 5) is 20.1. The highest BCUT2D eigenvalue weighted by Gasteiger charge is 2.20. The summed E-state index contributed by atoms with van der Waals surface area (Å²) in [5.41, 5.74) is 5.26. The first-order valence-corrected chi connectivity index (χ1v) is 9.29. The second-order valence-corrected chi connectivity index (χ2v) is 6.58. The van der Waals surface area contributed by atoms with Crippen LogP contribution >= 0.6 is 0 Å². The molecule has 1 rings (SSSR count). The van der Waals surface area contributed by atoms with Crippen LogP contribution in [-0.4, -0.2) is 80.6 Å². The third-order valence-electron chi connectivity index (χ3n) is 4.30. The number of rotatable bonds is 10. The first-order chi connectivity index (χ1) is 11.5. The van der Waals surface area contributed by atoms with Crippen molar-refractivity contribution in [1.29, 1.82) is 0 Å². The van der Waals surface area contributed by atoms with Crippen LogP contribution in [0.25, 0.3) is 0 Å². The Labute approximate surface area is 147 Å². The first kappa shape index (κ1) is 20.7. The van der Waals surface area contributed by atoms with Gasteiger partial charge in [0.05, 0.1) is 13.1 Å². The molecule has 0 aromatic carbocycles. The molecule has 0 saturated carbocycles. The maximum atomic E-state index is 11.0. The summed E-state index contributed by atoms with van der Waals surface area (Å²) in [5.74, 6) is 0.651. The highest BCUT2D eigenvalue weighted by atomic mass is 16.1. The molecule has 24 heavy (non-hydrogen) atoms. The molecule has 0 spiro atoms. The van der Waals surface area contributed by atoms with Crippen molar-refractivity contribution >= 4 is 11.9 Å². The van der Waals surface area contributed by atoms with Gasteiger partial charge in [0.2, 0.25) is 5.91 Å². The molecule has 0 radical (unpaired) electrons. The van der Waals surface area contributed by atoms with E-state index < -0.39 is 0 Å². The van der Waals surface area contributed by atoms with Crippen molar-refractivity contribution in [2.75, 3.05) is 52.9 Å². The molecule has 1 saturated heterocycles. The molecule has 0 aromatic heterocycles. The van der Waals surface area contributed by atoms with Crippen molar-refractivity contribution in [2.24, 2.45) is 10.7 Å². The summed E-state index contributed by atoms with van der Waals surface area (Å²) >= 11 is 0. The molecule has 0 atom stereocenters. The zero-order valence-electron chi connectivity index (χ0n) is 15.7. The second kappa shape index (κ2) is 12.1. The lowest BCUT2D eigenvalue weighted by molar-refractivity contribution is -0.119. The van der Waals surface area contributed by atoms with Crippen LogP contribution in [0.3, 0.4) is 0 Å². The van der Waals surface area contributed by atoms with Crippen molar-refractivity contribution in [3.63, 3.8) is 0 Å². The predicted molar refractivity (Wildman–Crippen MR) is 100 cm³/mol. The molecule has 7 heteroatoms. The average molecular weight is 341 g/mol. The van der Waals surface area contributed by atoms with Gasteiger partial charge in [0.15, 0.2) is 5.96 Å². The number of amides is 1. The van der Waals surface area contributed by atoms with Crippen LogP contribution in [0.1, 0.15) is 39.5 Å². The van der Waals surface area contributed by atoms with E-state index in [9.17, 15) is 4.79 Å². The molecule has 1 heterocycles. The minimum absolute atomic E-state index is 0.247. The third-order valence-corrected chi connectivity index (χ3v) is 4.30. The molecule has 7 nitrogen and oxygen atoms in total. The molecule has 140 valence electrons. The zero-order valence-corrected chi connectivity index (χ0v) is 15.7. The number of piperidine rings is 1. The van der Waals surface area contributed by atoms with Gasteiger partial charge in [-0.3, -0.25) is 14.7 Å². The summed E-state index contributed by atoms with van der Waals surface area (Å²) in [6, 6.07) is 0.407. The lowest BCUT2D eigenvalue weighted by Crippen LogP contribution is -2.50. The number of nitrogens with zero attached hydrogens (tertiary/aromatic N) is 3. The number of hydrogen-bond acceptors (Lipinski definition) is 4. The summed E-state index contributed by atoms with van der Waals surface area (Å²) in [6.07, 6.45) is 4.48. The number of guanidine groups is 1. The van der Waals surface area contributed by atoms with Gasteiger partial charge in [-0.25, -0.2) is 0 Å². The smallest absolute Gasteiger partial charge is 0.231 e. The van der Waals surface area contributed by atoms with E-state index in [1.807, 2.05) is 0 Å². The molecule has 0 bridgehead atoms. The van der Waals surface area contributed by atoms with Crippen molar-refractivity contribution in [3.8, 4) is 0 Å². The maximum Gasteiger partial charge on any atom is 0.231 e. The molecule has 0 unspecified atom stereocenters. The maximum absolute atomic E-state index is 11.0. The minimum atomic E-state index is -0.247. The fourth-order valence-corrected chi connectivity index (χ4v) is 2.84. The van der Waals surface area contributed by atoms with E-state index in [0.29, 0.717) is 12.6 Å². The van der Waals surface area contributed by atoms with Crippen molar-refractivity contribution in [1.82, 2.24) is 20.4 Å². The molecular formula is C17H36N6O. The van der Waals surface area contributed by atoms with Gasteiger partial charge in [-0.05, 0) is 39.8 Å². The number of nitrogens with two attached hydrogens (primary N) is 1. The van der Waals surface area contributed by atoms with Crippen LogP contribution in [0.5, 0.6) is 0 Å². The fraction of sp³-hybridized carbons (Fsp3) is 0.882. The Morgan fingerprint density at radius 2 is 2.00 bits per heavy atom. The number of nitrogens with one attached hydrogen (secondary N) is 2. The molecule has 0 aliphatic carbocycles. The summed E-state index contributed by atoms with van der Waals surface area (Å²) in [5, 5.41) is 6.85. The van der Waals surface area contributed by atoms with E-state index in [1.165, 1.54) is 12.8 Å². The fourth-order valence-electron chi connectivity index (χ4n) is 2.84. The average Bonchev–Trinajstić information content (AvgIpc) is 2.54. The molecule has 1 amide bonds.